The molecule has 0 aliphatic rings. The summed E-state index contributed by atoms with van der Waals surface area (Å²) in [6.07, 6.45) is -4.70. The largest absolute Gasteiger partial charge is 0.416 e. The van der Waals surface area contributed by atoms with Crippen LogP contribution in [0, 0.1) is 0 Å². The molecule has 1 atom stereocenters. The van der Waals surface area contributed by atoms with Crippen LogP contribution in [0.2, 0.25) is 0 Å². The molecule has 0 aliphatic carbocycles. The highest BCUT2D eigenvalue weighted by molar-refractivity contribution is 9.10. The Balaban J connectivity index is 2.86. The molecule has 1 unspecified atom stereocenters. The van der Waals surface area contributed by atoms with Crippen molar-refractivity contribution in [3.63, 3.8) is 0 Å². The van der Waals surface area contributed by atoms with Gasteiger partial charge in [-0.2, -0.15) is 13.2 Å². The fourth-order valence-corrected chi connectivity index (χ4v) is 1.92. The number of benzene rings is 1. The molecule has 0 bridgehead atoms. The van der Waals surface area contributed by atoms with E-state index in [1.807, 2.05) is 6.92 Å². The van der Waals surface area contributed by atoms with E-state index in [9.17, 15) is 18.3 Å². The number of rotatable bonds is 5. The average Bonchev–Trinajstić information content (AvgIpc) is 2.28. The molecule has 18 heavy (non-hydrogen) atoms. The van der Waals surface area contributed by atoms with E-state index in [1.165, 1.54) is 6.07 Å². The van der Waals surface area contributed by atoms with E-state index in [4.69, 9.17) is 4.74 Å². The molecule has 0 fully saturated rings. The lowest BCUT2D eigenvalue weighted by Crippen LogP contribution is -2.11. The first-order valence-corrected chi connectivity index (χ1v) is 6.28. The molecule has 1 rings (SSSR count). The molecule has 0 heterocycles. The van der Waals surface area contributed by atoms with Crippen LogP contribution < -0.4 is 0 Å². The molecule has 1 N–H and O–H groups in total. The summed E-state index contributed by atoms with van der Waals surface area (Å²) in [6.45, 7) is 2.36. The third kappa shape index (κ3) is 4.26. The van der Waals surface area contributed by atoms with Gasteiger partial charge in [-0.15, -0.1) is 0 Å². The monoisotopic (exact) mass is 326 g/mol. The van der Waals surface area contributed by atoms with Crippen LogP contribution in [0.1, 0.15) is 30.6 Å². The first-order chi connectivity index (χ1) is 8.36. The van der Waals surface area contributed by atoms with Crippen LogP contribution in [0.5, 0.6) is 0 Å². The first kappa shape index (κ1) is 15.5. The van der Waals surface area contributed by atoms with Gasteiger partial charge in [0, 0.05) is 11.1 Å². The van der Waals surface area contributed by atoms with Crippen molar-refractivity contribution < 1.29 is 23.0 Å². The quantitative estimate of drug-likeness (QED) is 0.831. The molecule has 1 aromatic rings. The van der Waals surface area contributed by atoms with Gasteiger partial charge in [-0.25, -0.2) is 0 Å². The van der Waals surface area contributed by atoms with Crippen molar-refractivity contribution in [2.75, 3.05) is 13.2 Å². The van der Waals surface area contributed by atoms with Gasteiger partial charge < -0.3 is 9.84 Å². The van der Waals surface area contributed by atoms with Crippen LogP contribution in [-0.2, 0) is 10.9 Å². The van der Waals surface area contributed by atoms with Crippen LogP contribution in [0.25, 0.3) is 0 Å². The summed E-state index contributed by atoms with van der Waals surface area (Å²) in [5, 5.41) is 9.80. The van der Waals surface area contributed by atoms with Crippen LogP contribution in [0.4, 0.5) is 13.2 Å². The van der Waals surface area contributed by atoms with Crippen molar-refractivity contribution in [1.29, 1.82) is 0 Å². The van der Waals surface area contributed by atoms with Crippen molar-refractivity contribution in [1.82, 2.24) is 0 Å². The number of aliphatic hydroxyl groups is 1. The van der Waals surface area contributed by atoms with E-state index >= 15 is 0 Å². The summed E-state index contributed by atoms with van der Waals surface area (Å²) in [5.74, 6) is 0. The van der Waals surface area contributed by atoms with Gasteiger partial charge in [0.15, 0.2) is 0 Å². The van der Waals surface area contributed by atoms with Crippen LogP contribution in [-0.4, -0.2) is 18.3 Å². The Bertz CT molecular complexity index is 393. The Labute approximate surface area is 112 Å². The fourth-order valence-electron chi connectivity index (χ4n) is 1.40. The molecule has 0 aliphatic heterocycles. The number of alkyl halides is 3. The van der Waals surface area contributed by atoms with Gasteiger partial charge in [0.2, 0.25) is 0 Å². The van der Waals surface area contributed by atoms with Crippen LogP contribution >= 0.6 is 15.9 Å². The molecule has 0 saturated carbocycles. The van der Waals surface area contributed by atoms with Crippen molar-refractivity contribution in [3.8, 4) is 0 Å². The van der Waals surface area contributed by atoms with Gasteiger partial charge in [-0.05, 0) is 30.2 Å². The lowest BCUT2D eigenvalue weighted by Gasteiger charge is -2.15. The minimum Gasteiger partial charge on any atom is -0.386 e. The lowest BCUT2D eigenvalue weighted by molar-refractivity contribution is -0.137. The fraction of sp³-hybridized carbons (Fsp3) is 0.500. The number of ether oxygens (including phenoxy) is 1. The molecular formula is C12H14BrF3O2. The highest BCUT2D eigenvalue weighted by atomic mass is 79.9. The van der Waals surface area contributed by atoms with Gasteiger partial charge in [0.25, 0.3) is 0 Å². The summed E-state index contributed by atoms with van der Waals surface area (Å²) in [6, 6.07) is 3.18. The van der Waals surface area contributed by atoms with Gasteiger partial charge >= 0.3 is 6.18 Å². The Morgan fingerprint density at radius 1 is 1.39 bits per heavy atom. The Morgan fingerprint density at radius 3 is 2.61 bits per heavy atom. The molecule has 2 nitrogen and oxygen atoms in total. The van der Waals surface area contributed by atoms with Gasteiger partial charge in [0.1, 0.15) is 6.10 Å². The summed E-state index contributed by atoms with van der Waals surface area (Å²) in [7, 11) is 0. The SMILES string of the molecule is CCCOCC(O)c1cc(C(F)(F)F)ccc1Br. The third-order valence-electron chi connectivity index (χ3n) is 2.31. The molecule has 6 heteroatoms. The minimum atomic E-state index is -4.42. The van der Waals surface area contributed by atoms with Gasteiger partial charge in [-0.1, -0.05) is 22.9 Å². The van der Waals surface area contributed by atoms with Gasteiger partial charge in [0.05, 0.1) is 12.2 Å². The van der Waals surface area contributed by atoms with E-state index in [2.05, 4.69) is 15.9 Å². The maximum absolute atomic E-state index is 12.5. The molecule has 1 aromatic carbocycles. The predicted octanol–water partition coefficient (Wildman–Crippen LogP) is 3.93. The average molecular weight is 327 g/mol. The van der Waals surface area contributed by atoms with E-state index in [0.717, 1.165) is 18.6 Å². The summed E-state index contributed by atoms with van der Waals surface area (Å²) in [4.78, 5) is 0. The zero-order valence-corrected chi connectivity index (χ0v) is 11.4. The molecule has 0 aromatic heterocycles. The zero-order chi connectivity index (χ0) is 13.8. The van der Waals surface area contributed by atoms with Crippen LogP contribution in [0.15, 0.2) is 22.7 Å². The summed E-state index contributed by atoms with van der Waals surface area (Å²) in [5.41, 5.74) is -0.601. The molecule has 0 radical (unpaired) electrons. The lowest BCUT2D eigenvalue weighted by atomic mass is 10.1. The standard InChI is InChI=1S/C12H14BrF3O2/c1-2-5-18-7-11(17)9-6-8(12(14,15)16)3-4-10(9)13/h3-4,6,11,17H,2,5,7H2,1H3. The van der Waals surface area contributed by atoms with Crippen molar-refractivity contribution >= 4 is 15.9 Å². The Hall–Kier alpha value is -0.590. The molecule has 0 amide bonds. The Morgan fingerprint density at radius 2 is 2.06 bits per heavy atom. The topological polar surface area (TPSA) is 29.5 Å². The number of aliphatic hydroxyl groups excluding tert-OH is 1. The predicted molar refractivity (Wildman–Crippen MR) is 65.2 cm³/mol. The molecule has 0 spiro atoms. The number of hydrogen-bond donors (Lipinski definition) is 1. The van der Waals surface area contributed by atoms with Crippen molar-refractivity contribution in [2.24, 2.45) is 0 Å². The second kappa shape index (κ2) is 6.54. The maximum Gasteiger partial charge on any atom is 0.416 e. The Kier molecular flexibility index (Phi) is 5.62. The number of halogens is 4. The van der Waals surface area contributed by atoms with E-state index in [0.29, 0.717) is 11.1 Å². The third-order valence-corrected chi connectivity index (χ3v) is 3.03. The van der Waals surface area contributed by atoms with E-state index < -0.39 is 17.8 Å². The second-order valence-corrected chi connectivity index (χ2v) is 4.68. The minimum absolute atomic E-state index is 0.0201. The normalized spacial score (nSPS) is 13.7. The summed E-state index contributed by atoms with van der Waals surface area (Å²) >= 11 is 3.12. The van der Waals surface area contributed by atoms with Crippen molar-refractivity contribution in [3.05, 3.63) is 33.8 Å². The van der Waals surface area contributed by atoms with Crippen LogP contribution in [0.3, 0.4) is 0 Å². The zero-order valence-electron chi connectivity index (χ0n) is 9.80. The van der Waals surface area contributed by atoms with Gasteiger partial charge in [-0.3, -0.25) is 0 Å². The smallest absolute Gasteiger partial charge is 0.386 e. The highest BCUT2D eigenvalue weighted by Gasteiger charge is 2.31. The van der Waals surface area contributed by atoms with Crippen molar-refractivity contribution in [2.45, 2.75) is 25.6 Å². The first-order valence-electron chi connectivity index (χ1n) is 5.48. The second-order valence-electron chi connectivity index (χ2n) is 3.82. The summed E-state index contributed by atoms with van der Waals surface area (Å²) < 4.78 is 43.2. The number of hydrogen-bond acceptors (Lipinski definition) is 2. The van der Waals surface area contributed by atoms with E-state index in [-0.39, 0.29) is 12.2 Å². The molecule has 0 saturated heterocycles. The molecular weight excluding hydrogens is 313 g/mol. The highest BCUT2D eigenvalue weighted by Crippen LogP contribution is 2.33. The van der Waals surface area contributed by atoms with E-state index in [1.54, 1.807) is 0 Å². The maximum atomic E-state index is 12.5. The molecule has 102 valence electrons.